The lowest BCUT2D eigenvalue weighted by Crippen LogP contribution is -2.42. The van der Waals surface area contributed by atoms with Gasteiger partial charge in [0.15, 0.2) is 0 Å². The summed E-state index contributed by atoms with van der Waals surface area (Å²) in [5.74, 6) is 0.841. The molecule has 90 valence electrons. The number of aromatic amines is 1. The van der Waals surface area contributed by atoms with E-state index >= 15 is 0 Å². The first kappa shape index (κ1) is 10.6. The van der Waals surface area contributed by atoms with Gasteiger partial charge in [-0.1, -0.05) is 25.0 Å². The van der Waals surface area contributed by atoms with Crippen LogP contribution in [-0.2, 0) is 0 Å². The van der Waals surface area contributed by atoms with Crippen LogP contribution in [-0.4, -0.2) is 22.1 Å². The van der Waals surface area contributed by atoms with Gasteiger partial charge in [-0.15, -0.1) is 0 Å². The Morgan fingerprint density at radius 3 is 2.88 bits per heavy atom. The van der Waals surface area contributed by atoms with Crippen molar-refractivity contribution in [3.05, 3.63) is 24.3 Å². The van der Waals surface area contributed by atoms with Crippen molar-refractivity contribution < 1.29 is 0 Å². The fourth-order valence-electron chi connectivity index (χ4n) is 2.54. The lowest BCUT2D eigenvalue weighted by atomic mass is 9.91. The van der Waals surface area contributed by atoms with Gasteiger partial charge in [0.1, 0.15) is 0 Å². The van der Waals surface area contributed by atoms with E-state index in [1.54, 1.807) is 0 Å². The molecule has 3 rings (SSSR count). The van der Waals surface area contributed by atoms with E-state index in [9.17, 15) is 0 Å². The number of anilines is 1. The third-order valence-corrected chi connectivity index (χ3v) is 3.53. The molecule has 4 N–H and O–H groups in total. The highest BCUT2D eigenvalue weighted by atomic mass is 15.1. The number of hydrogen-bond acceptors (Lipinski definition) is 3. The molecule has 1 fully saturated rings. The summed E-state index contributed by atoms with van der Waals surface area (Å²) in [6.45, 7) is 0. The van der Waals surface area contributed by atoms with Gasteiger partial charge in [0.2, 0.25) is 5.95 Å². The summed E-state index contributed by atoms with van der Waals surface area (Å²) in [5.41, 5.74) is 8.19. The SMILES string of the molecule is N[C@H]1CCCC[C@@H]1Nc1nc2ccccc2[nH]1. The molecule has 0 unspecified atom stereocenters. The van der Waals surface area contributed by atoms with Gasteiger partial charge in [0.25, 0.3) is 0 Å². The van der Waals surface area contributed by atoms with Crippen LogP contribution in [0, 0.1) is 0 Å². The molecule has 1 aromatic carbocycles. The van der Waals surface area contributed by atoms with Gasteiger partial charge in [-0.25, -0.2) is 4.98 Å². The minimum atomic E-state index is 0.247. The average Bonchev–Trinajstić information content (AvgIpc) is 2.74. The predicted molar refractivity (Wildman–Crippen MR) is 69.9 cm³/mol. The summed E-state index contributed by atoms with van der Waals surface area (Å²) in [7, 11) is 0. The van der Waals surface area contributed by atoms with E-state index < -0.39 is 0 Å². The lowest BCUT2D eigenvalue weighted by molar-refractivity contribution is 0.403. The Bertz CT molecular complexity index is 472. The van der Waals surface area contributed by atoms with Gasteiger partial charge in [0, 0.05) is 12.1 Å². The minimum absolute atomic E-state index is 0.247. The van der Waals surface area contributed by atoms with Crippen molar-refractivity contribution in [2.75, 3.05) is 5.32 Å². The standard InChI is InChI=1S/C13H18N4/c14-9-5-1-2-6-10(9)15-13-16-11-7-3-4-8-12(11)17-13/h3-4,7-10H,1-2,5-6,14H2,(H2,15,16,17)/t9-,10-/m0/s1. The van der Waals surface area contributed by atoms with Crippen LogP contribution in [0.15, 0.2) is 24.3 Å². The molecule has 1 heterocycles. The second-order valence-corrected chi connectivity index (χ2v) is 4.80. The van der Waals surface area contributed by atoms with Crippen molar-refractivity contribution >= 4 is 17.0 Å². The topological polar surface area (TPSA) is 66.7 Å². The smallest absolute Gasteiger partial charge is 0.201 e. The quantitative estimate of drug-likeness (QED) is 0.741. The number of fused-ring (bicyclic) bond motifs is 1. The van der Waals surface area contributed by atoms with Gasteiger partial charge >= 0.3 is 0 Å². The molecule has 0 spiro atoms. The van der Waals surface area contributed by atoms with E-state index in [2.05, 4.69) is 15.3 Å². The molecule has 2 atom stereocenters. The summed E-state index contributed by atoms with van der Waals surface area (Å²) < 4.78 is 0. The molecule has 0 radical (unpaired) electrons. The molecule has 1 saturated carbocycles. The Hall–Kier alpha value is -1.55. The van der Waals surface area contributed by atoms with Crippen LogP contribution < -0.4 is 11.1 Å². The van der Waals surface area contributed by atoms with Gasteiger partial charge < -0.3 is 16.0 Å². The lowest BCUT2D eigenvalue weighted by Gasteiger charge is -2.29. The van der Waals surface area contributed by atoms with Crippen LogP contribution in [0.1, 0.15) is 25.7 Å². The molecule has 1 aliphatic rings. The third kappa shape index (κ3) is 2.13. The number of nitrogens with zero attached hydrogens (tertiary/aromatic N) is 1. The molecule has 0 amide bonds. The van der Waals surface area contributed by atoms with Gasteiger partial charge in [0.05, 0.1) is 11.0 Å². The molecule has 4 heteroatoms. The Kier molecular flexibility index (Phi) is 2.73. The van der Waals surface area contributed by atoms with Crippen molar-refractivity contribution in [2.45, 2.75) is 37.8 Å². The summed E-state index contributed by atoms with van der Waals surface area (Å²) in [6, 6.07) is 8.66. The first-order valence-electron chi connectivity index (χ1n) is 6.30. The van der Waals surface area contributed by atoms with Gasteiger partial charge in [-0.2, -0.15) is 0 Å². The molecule has 2 aromatic rings. The molecular formula is C13H18N4. The third-order valence-electron chi connectivity index (χ3n) is 3.53. The van der Waals surface area contributed by atoms with Crippen LogP contribution in [0.5, 0.6) is 0 Å². The number of H-pyrrole nitrogens is 1. The van der Waals surface area contributed by atoms with Crippen LogP contribution in [0.4, 0.5) is 5.95 Å². The summed E-state index contributed by atoms with van der Waals surface area (Å²) in [5, 5.41) is 3.43. The molecule has 1 aromatic heterocycles. The zero-order valence-corrected chi connectivity index (χ0v) is 9.82. The fourth-order valence-corrected chi connectivity index (χ4v) is 2.54. The fraction of sp³-hybridized carbons (Fsp3) is 0.462. The van der Waals surface area contributed by atoms with E-state index in [0.29, 0.717) is 6.04 Å². The minimum Gasteiger partial charge on any atom is -0.352 e. The van der Waals surface area contributed by atoms with Crippen molar-refractivity contribution in [1.82, 2.24) is 9.97 Å². The number of nitrogens with two attached hydrogens (primary N) is 1. The van der Waals surface area contributed by atoms with E-state index in [1.165, 1.54) is 12.8 Å². The summed E-state index contributed by atoms with van der Waals surface area (Å²) in [6.07, 6.45) is 4.75. The van der Waals surface area contributed by atoms with E-state index in [0.717, 1.165) is 29.8 Å². The highest BCUT2D eigenvalue weighted by Gasteiger charge is 2.22. The Balaban J connectivity index is 1.79. The molecular weight excluding hydrogens is 212 g/mol. The zero-order chi connectivity index (χ0) is 11.7. The molecule has 0 saturated heterocycles. The first-order valence-corrected chi connectivity index (χ1v) is 6.30. The first-order chi connectivity index (χ1) is 8.33. The summed E-state index contributed by atoms with van der Waals surface area (Å²) in [4.78, 5) is 7.80. The van der Waals surface area contributed by atoms with E-state index in [-0.39, 0.29) is 6.04 Å². The van der Waals surface area contributed by atoms with Crippen molar-refractivity contribution in [2.24, 2.45) is 5.73 Å². The Morgan fingerprint density at radius 1 is 1.24 bits per heavy atom. The second kappa shape index (κ2) is 4.37. The normalized spacial score (nSPS) is 25.0. The van der Waals surface area contributed by atoms with Crippen molar-refractivity contribution in [3.63, 3.8) is 0 Å². The Morgan fingerprint density at radius 2 is 2.06 bits per heavy atom. The van der Waals surface area contributed by atoms with Crippen LogP contribution >= 0.6 is 0 Å². The summed E-state index contributed by atoms with van der Waals surface area (Å²) >= 11 is 0. The van der Waals surface area contributed by atoms with Crippen LogP contribution in [0.2, 0.25) is 0 Å². The number of rotatable bonds is 2. The predicted octanol–water partition coefficient (Wildman–Crippen LogP) is 2.24. The van der Waals surface area contributed by atoms with Crippen molar-refractivity contribution in [1.29, 1.82) is 0 Å². The molecule has 0 bridgehead atoms. The number of para-hydroxylation sites is 2. The number of hydrogen-bond donors (Lipinski definition) is 3. The van der Waals surface area contributed by atoms with Gasteiger partial charge in [-0.05, 0) is 25.0 Å². The van der Waals surface area contributed by atoms with Crippen LogP contribution in [0.3, 0.4) is 0 Å². The highest BCUT2D eigenvalue weighted by Crippen LogP contribution is 2.21. The van der Waals surface area contributed by atoms with Crippen molar-refractivity contribution in [3.8, 4) is 0 Å². The Labute approximate surface area is 101 Å². The molecule has 0 aliphatic heterocycles. The number of imidazole rings is 1. The molecule has 1 aliphatic carbocycles. The van der Waals surface area contributed by atoms with E-state index in [4.69, 9.17) is 5.73 Å². The number of aromatic nitrogens is 2. The zero-order valence-electron chi connectivity index (χ0n) is 9.82. The monoisotopic (exact) mass is 230 g/mol. The van der Waals surface area contributed by atoms with E-state index in [1.807, 2.05) is 24.3 Å². The largest absolute Gasteiger partial charge is 0.352 e. The average molecular weight is 230 g/mol. The van der Waals surface area contributed by atoms with Crippen LogP contribution in [0.25, 0.3) is 11.0 Å². The van der Waals surface area contributed by atoms with Gasteiger partial charge in [-0.3, -0.25) is 0 Å². The number of nitrogens with one attached hydrogen (secondary N) is 2. The maximum atomic E-state index is 6.12. The molecule has 17 heavy (non-hydrogen) atoms. The molecule has 4 nitrogen and oxygen atoms in total. The second-order valence-electron chi connectivity index (χ2n) is 4.80. The maximum absolute atomic E-state index is 6.12. The maximum Gasteiger partial charge on any atom is 0.201 e. The number of benzene rings is 1. The highest BCUT2D eigenvalue weighted by molar-refractivity contribution is 5.77.